The number of nitrogens with two attached hydrogens (primary N) is 2. The molecule has 0 spiro atoms. The lowest BCUT2D eigenvalue weighted by Crippen LogP contribution is -2.42. The van der Waals surface area contributed by atoms with Crippen LogP contribution in [0.2, 0.25) is 0 Å². The number of aromatic nitrogens is 1. The summed E-state index contributed by atoms with van der Waals surface area (Å²) >= 11 is 0. The number of nitrogens with one attached hydrogen (secondary N) is 1. The minimum Gasteiger partial charge on any atom is -0.384 e. The molecule has 0 saturated heterocycles. The smallest absolute Gasteiger partial charge is 0.270 e. The van der Waals surface area contributed by atoms with Crippen LogP contribution in [-0.4, -0.2) is 40.3 Å². The topological polar surface area (TPSA) is 101 Å². The predicted molar refractivity (Wildman–Crippen MR) is 138 cm³/mol. The number of hydrogen-bond acceptors (Lipinski definition) is 3. The zero-order valence-electron chi connectivity index (χ0n) is 19.5. The molecule has 5 N–H and O–H groups in total. The fourth-order valence-corrected chi connectivity index (χ4v) is 5.21. The minimum atomic E-state index is 0.0151. The van der Waals surface area contributed by atoms with Gasteiger partial charge in [0.15, 0.2) is 0 Å². The van der Waals surface area contributed by atoms with Crippen LogP contribution in [0.4, 0.5) is 0 Å². The second-order valence-electron chi connectivity index (χ2n) is 9.43. The van der Waals surface area contributed by atoms with Crippen LogP contribution in [0.1, 0.15) is 47.3 Å². The Morgan fingerprint density at radius 3 is 2.50 bits per heavy atom. The Hall–Kier alpha value is -3.64. The third-order valence-electron chi connectivity index (χ3n) is 7.25. The van der Waals surface area contributed by atoms with Crippen LogP contribution < -0.4 is 11.5 Å². The quantitative estimate of drug-likeness (QED) is 0.307. The Labute approximate surface area is 199 Å². The summed E-state index contributed by atoms with van der Waals surface area (Å²) in [5, 5.41) is 11.2. The van der Waals surface area contributed by atoms with Crippen LogP contribution in [0.3, 0.4) is 0 Å². The van der Waals surface area contributed by atoms with Gasteiger partial charge < -0.3 is 20.9 Å². The van der Waals surface area contributed by atoms with Crippen LogP contribution in [0.25, 0.3) is 21.7 Å². The van der Waals surface area contributed by atoms with E-state index in [0.29, 0.717) is 17.8 Å². The summed E-state index contributed by atoms with van der Waals surface area (Å²) in [7, 11) is 1.91. The Kier molecular flexibility index (Phi) is 5.84. The highest BCUT2D eigenvalue weighted by Crippen LogP contribution is 2.28. The second kappa shape index (κ2) is 8.95. The number of carbonyl (C=O) groups is 1. The summed E-state index contributed by atoms with van der Waals surface area (Å²) in [6, 6.07) is 22.7. The van der Waals surface area contributed by atoms with Gasteiger partial charge in [0.05, 0.1) is 0 Å². The van der Waals surface area contributed by atoms with Crippen LogP contribution in [0, 0.1) is 5.41 Å². The molecule has 0 atom stereocenters. The maximum atomic E-state index is 13.8. The van der Waals surface area contributed by atoms with Crippen LogP contribution in [0.5, 0.6) is 0 Å². The van der Waals surface area contributed by atoms with Gasteiger partial charge in [-0.05, 0) is 54.2 Å². The molecule has 0 radical (unpaired) electrons. The first kappa shape index (κ1) is 22.2. The van der Waals surface area contributed by atoms with Gasteiger partial charge in [0.1, 0.15) is 11.5 Å². The van der Waals surface area contributed by atoms with Gasteiger partial charge in [0.2, 0.25) is 0 Å². The number of nitrogens with zero attached hydrogens (tertiary/aromatic N) is 2. The molecule has 1 fully saturated rings. The fraction of sp³-hybridized carbons (Fsp3) is 0.286. The largest absolute Gasteiger partial charge is 0.384 e. The van der Waals surface area contributed by atoms with Crippen molar-refractivity contribution in [2.24, 2.45) is 11.5 Å². The molecule has 34 heavy (non-hydrogen) atoms. The van der Waals surface area contributed by atoms with E-state index in [1.165, 1.54) is 10.8 Å². The normalized spacial score (nSPS) is 18.3. The fourth-order valence-electron chi connectivity index (χ4n) is 5.21. The number of fused-ring (bicyclic) bond motifs is 2. The van der Waals surface area contributed by atoms with Gasteiger partial charge in [-0.2, -0.15) is 0 Å². The van der Waals surface area contributed by atoms with Crippen molar-refractivity contribution in [1.82, 2.24) is 9.47 Å². The SMILES string of the molecule is CN(C(=O)c1cc2ccc(C(=N)N)cc2n1Cc1cccc2ccccc12)[C@H]1CC[C@H](N)CC1. The van der Waals surface area contributed by atoms with Crippen molar-refractivity contribution in [3.63, 3.8) is 0 Å². The van der Waals surface area contributed by atoms with E-state index in [1.54, 1.807) is 0 Å². The monoisotopic (exact) mass is 453 g/mol. The molecular formula is C28H31N5O. The lowest BCUT2D eigenvalue weighted by molar-refractivity contribution is 0.0680. The Bertz CT molecular complexity index is 1380. The van der Waals surface area contributed by atoms with Crippen LogP contribution in [0.15, 0.2) is 66.7 Å². The van der Waals surface area contributed by atoms with Gasteiger partial charge >= 0.3 is 0 Å². The highest BCUT2D eigenvalue weighted by molar-refractivity contribution is 6.02. The highest BCUT2D eigenvalue weighted by atomic mass is 16.2. The van der Waals surface area contributed by atoms with Crippen LogP contribution in [-0.2, 0) is 6.54 Å². The maximum Gasteiger partial charge on any atom is 0.270 e. The van der Waals surface area contributed by atoms with Crippen molar-refractivity contribution in [1.29, 1.82) is 5.41 Å². The van der Waals surface area contributed by atoms with Gasteiger partial charge in [-0.25, -0.2) is 0 Å². The molecule has 1 amide bonds. The van der Waals surface area contributed by atoms with E-state index >= 15 is 0 Å². The molecule has 6 heteroatoms. The third-order valence-corrected chi connectivity index (χ3v) is 7.25. The second-order valence-corrected chi connectivity index (χ2v) is 9.43. The van der Waals surface area contributed by atoms with E-state index in [1.807, 2.05) is 48.3 Å². The molecule has 0 bridgehead atoms. The lowest BCUT2D eigenvalue weighted by atomic mass is 9.91. The van der Waals surface area contributed by atoms with E-state index in [4.69, 9.17) is 16.9 Å². The van der Waals surface area contributed by atoms with Gasteiger partial charge in [0, 0.05) is 42.1 Å². The standard InChI is InChI=1S/C28H31N5O/c1-32(23-13-11-22(29)12-14-23)28(34)26-15-19-9-10-20(27(30)31)16-25(19)33(26)17-21-7-4-6-18-5-2-3-8-24(18)21/h2-10,15-16,22-23H,11-14,17,29H2,1H3,(H3,30,31)/t22-,23-. The molecule has 1 saturated carbocycles. The summed E-state index contributed by atoms with van der Waals surface area (Å²) in [4.78, 5) is 15.7. The minimum absolute atomic E-state index is 0.0151. The number of nitrogen functional groups attached to an aromatic ring is 1. The van der Waals surface area contributed by atoms with Crippen LogP contribution >= 0.6 is 0 Å². The molecule has 0 aliphatic heterocycles. The summed E-state index contributed by atoms with van der Waals surface area (Å²) in [6.07, 6.45) is 3.76. The lowest BCUT2D eigenvalue weighted by Gasteiger charge is -2.33. The summed E-state index contributed by atoms with van der Waals surface area (Å²) < 4.78 is 2.08. The molecule has 174 valence electrons. The highest BCUT2D eigenvalue weighted by Gasteiger charge is 2.28. The first-order chi connectivity index (χ1) is 16.4. The van der Waals surface area contributed by atoms with E-state index in [0.717, 1.165) is 42.1 Å². The van der Waals surface area contributed by atoms with Crippen molar-refractivity contribution >= 4 is 33.4 Å². The summed E-state index contributed by atoms with van der Waals surface area (Å²) in [6.45, 7) is 0.552. The summed E-state index contributed by atoms with van der Waals surface area (Å²) in [5.41, 5.74) is 15.2. The van der Waals surface area contributed by atoms with Gasteiger partial charge in [-0.15, -0.1) is 0 Å². The molecule has 4 aromatic rings. The molecule has 3 aromatic carbocycles. The van der Waals surface area contributed by atoms with Crippen molar-refractivity contribution in [3.8, 4) is 0 Å². The van der Waals surface area contributed by atoms with Crippen molar-refractivity contribution in [2.45, 2.75) is 44.3 Å². The third kappa shape index (κ3) is 4.05. The first-order valence-corrected chi connectivity index (χ1v) is 11.9. The number of benzene rings is 3. The van der Waals surface area contributed by atoms with Gasteiger partial charge in [0.25, 0.3) is 5.91 Å². The number of rotatable bonds is 5. The Morgan fingerprint density at radius 2 is 1.74 bits per heavy atom. The van der Waals surface area contributed by atoms with Crippen molar-refractivity contribution < 1.29 is 4.79 Å². The molecule has 6 nitrogen and oxygen atoms in total. The van der Waals surface area contributed by atoms with Gasteiger partial charge in [-0.1, -0.05) is 54.6 Å². The summed E-state index contributed by atoms with van der Waals surface area (Å²) in [5.74, 6) is 0.0321. The molecule has 0 unspecified atom stereocenters. The Morgan fingerprint density at radius 1 is 1.00 bits per heavy atom. The number of amides is 1. The maximum absolute atomic E-state index is 13.8. The molecule has 5 rings (SSSR count). The number of hydrogen-bond donors (Lipinski definition) is 3. The van der Waals surface area contributed by atoms with E-state index in [2.05, 4.69) is 34.9 Å². The number of amidine groups is 1. The molecular weight excluding hydrogens is 422 g/mol. The number of carbonyl (C=O) groups excluding carboxylic acids is 1. The van der Waals surface area contributed by atoms with Crippen molar-refractivity contribution in [3.05, 3.63) is 83.6 Å². The van der Waals surface area contributed by atoms with E-state index in [9.17, 15) is 4.79 Å². The molecule has 1 aliphatic rings. The van der Waals surface area contributed by atoms with Gasteiger partial charge in [-0.3, -0.25) is 10.2 Å². The molecule has 1 heterocycles. The molecule has 1 aromatic heterocycles. The molecule has 1 aliphatic carbocycles. The van der Waals surface area contributed by atoms with E-state index < -0.39 is 0 Å². The average molecular weight is 454 g/mol. The predicted octanol–water partition coefficient (Wildman–Crippen LogP) is 4.47. The first-order valence-electron chi connectivity index (χ1n) is 11.9. The Balaban J connectivity index is 1.60. The zero-order chi connectivity index (χ0) is 23.8. The van der Waals surface area contributed by atoms with Crippen molar-refractivity contribution in [2.75, 3.05) is 7.05 Å². The zero-order valence-corrected chi connectivity index (χ0v) is 19.5. The average Bonchev–Trinajstić information content (AvgIpc) is 3.21. The van der Waals surface area contributed by atoms with E-state index in [-0.39, 0.29) is 23.8 Å².